The zero-order chi connectivity index (χ0) is 13.0. The average molecular weight is 245 g/mol. The maximum absolute atomic E-state index is 5.67. The van der Waals surface area contributed by atoms with Crippen LogP contribution in [0.2, 0.25) is 0 Å². The van der Waals surface area contributed by atoms with Crippen LogP contribution in [-0.2, 0) is 12.8 Å². The predicted octanol–water partition coefficient (Wildman–Crippen LogP) is 2.56. The molecule has 0 saturated heterocycles. The molecule has 0 atom stereocenters. The Kier molecular flexibility index (Phi) is 3.87. The van der Waals surface area contributed by atoms with E-state index in [0.717, 1.165) is 24.3 Å². The van der Waals surface area contributed by atoms with Gasteiger partial charge in [-0.25, -0.2) is 0 Å². The zero-order valence-electron chi connectivity index (χ0n) is 10.8. The van der Waals surface area contributed by atoms with Crippen LogP contribution in [0.4, 0.5) is 5.82 Å². The third-order valence-corrected chi connectivity index (χ3v) is 2.60. The van der Waals surface area contributed by atoms with E-state index >= 15 is 0 Å². The second-order valence-electron chi connectivity index (χ2n) is 4.63. The molecule has 0 aliphatic carbocycles. The van der Waals surface area contributed by atoms with Gasteiger partial charge in [0, 0.05) is 11.8 Å². The fraction of sp³-hybridized carbons (Fsp3) is 0.357. The van der Waals surface area contributed by atoms with E-state index in [1.165, 1.54) is 5.56 Å². The second-order valence-corrected chi connectivity index (χ2v) is 4.63. The van der Waals surface area contributed by atoms with E-state index in [0.29, 0.717) is 5.82 Å². The van der Waals surface area contributed by atoms with Gasteiger partial charge in [-0.3, -0.25) is 5.10 Å². The van der Waals surface area contributed by atoms with Crippen LogP contribution in [-0.4, -0.2) is 16.3 Å². The maximum atomic E-state index is 5.67. The first-order valence-corrected chi connectivity index (χ1v) is 6.19. The highest BCUT2D eigenvalue weighted by Gasteiger charge is 2.02. The number of nitrogens with zero attached hydrogens (tertiary/aromatic N) is 1. The lowest BCUT2D eigenvalue weighted by Crippen LogP contribution is -2.05. The minimum Gasteiger partial charge on any atom is -0.491 e. The third kappa shape index (κ3) is 3.52. The number of nitrogens with one attached hydrogen (secondary N) is 1. The van der Waals surface area contributed by atoms with Gasteiger partial charge in [-0.1, -0.05) is 12.1 Å². The van der Waals surface area contributed by atoms with E-state index in [1.807, 2.05) is 32.0 Å². The van der Waals surface area contributed by atoms with Crippen molar-refractivity contribution in [3.63, 3.8) is 0 Å². The second kappa shape index (κ2) is 5.58. The number of H-pyrrole nitrogens is 1. The summed E-state index contributed by atoms with van der Waals surface area (Å²) in [5.41, 5.74) is 7.87. The van der Waals surface area contributed by atoms with Crippen molar-refractivity contribution in [1.82, 2.24) is 10.2 Å². The van der Waals surface area contributed by atoms with Gasteiger partial charge >= 0.3 is 0 Å². The summed E-state index contributed by atoms with van der Waals surface area (Å²) in [7, 11) is 0. The van der Waals surface area contributed by atoms with Gasteiger partial charge in [0.2, 0.25) is 0 Å². The van der Waals surface area contributed by atoms with Crippen LogP contribution in [0.3, 0.4) is 0 Å². The highest BCUT2D eigenvalue weighted by atomic mass is 16.5. The van der Waals surface area contributed by atoms with E-state index in [4.69, 9.17) is 10.5 Å². The Morgan fingerprint density at radius 3 is 2.78 bits per heavy atom. The minimum atomic E-state index is 0.202. The predicted molar refractivity (Wildman–Crippen MR) is 72.6 cm³/mol. The first kappa shape index (κ1) is 12.5. The number of ether oxygens (including phenoxy) is 1. The number of aromatic amines is 1. The van der Waals surface area contributed by atoms with Crippen molar-refractivity contribution in [2.75, 3.05) is 5.73 Å². The molecule has 1 aromatic carbocycles. The topological polar surface area (TPSA) is 63.9 Å². The van der Waals surface area contributed by atoms with Crippen molar-refractivity contribution in [2.45, 2.75) is 32.8 Å². The van der Waals surface area contributed by atoms with Crippen LogP contribution in [0.15, 0.2) is 30.3 Å². The molecule has 0 aliphatic heterocycles. The Morgan fingerprint density at radius 2 is 2.11 bits per heavy atom. The smallest absolute Gasteiger partial charge is 0.145 e. The number of aryl methyl sites for hydroxylation is 2. The maximum Gasteiger partial charge on any atom is 0.145 e. The molecule has 2 aromatic rings. The summed E-state index contributed by atoms with van der Waals surface area (Å²) in [6, 6.07) is 10.1. The summed E-state index contributed by atoms with van der Waals surface area (Å²) in [6.45, 7) is 4.06. The number of hydrogen-bond donors (Lipinski definition) is 2. The van der Waals surface area contributed by atoms with Crippen molar-refractivity contribution >= 4 is 5.82 Å². The summed E-state index contributed by atoms with van der Waals surface area (Å²) in [4.78, 5) is 0. The monoisotopic (exact) mass is 245 g/mol. The number of aromatic nitrogens is 2. The van der Waals surface area contributed by atoms with E-state index in [9.17, 15) is 0 Å². The largest absolute Gasteiger partial charge is 0.491 e. The number of benzene rings is 1. The first-order chi connectivity index (χ1) is 8.63. The number of hydrogen-bond acceptors (Lipinski definition) is 3. The van der Waals surface area contributed by atoms with Crippen molar-refractivity contribution in [2.24, 2.45) is 0 Å². The normalized spacial score (nSPS) is 10.8. The minimum absolute atomic E-state index is 0.202. The molecule has 1 heterocycles. The molecule has 0 saturated carbocycles. The zero-order valence-corrected chi connectivity index (χ0v) is 10.8. The van der Waals surface area contributed by atoms with Gasteiger partial charge in [0.1, 0.15) is 11.6 Å². The molecule has 4 nitrogen and oxygen atoms in total. The highest BCUT2D eigenvalue weighted by molar-refractivity contribution is 5.31. The Hall–Kier alpha value is -1.97. The highest BCUT2D eigenvalue weighted by Crippen LogP contribution is 2.16. The molecule has 2 rings (SSSR count). The van der Waals surface area contributed by atoms with Crippen molar-refractivity contribution in [3.05, 3.63) is 41.6 Å². The standard InChI is InChI=1S/C14H19N3O/c1-10(2)18-13-5-3-4-11(8-13)6-7-12-9-14(15)17-16-12/h3-5,8-10H,6-7H2,1-2H3,(H3,15,16,17). The molecule has 96 valence electrons. The Morgan fingerprint density at radius 1 is 1.28 bits per heavy atom. The summed E-state index contributed by atoms with van der Waals surface area (Å²) >= 11 is 0. The Bertz CT molecular complexity index is 505. The van der Waals surface area contributed by atoms with Crippen molar-refractivity contribution in [3.8, 4) is 5.75 Å². The summed E-state index contributed by atoms with van der Waals surface area (Å²) < 4.78 is 5.67. The lowest BCUT2D eigenvalue weighted by Gasteiger charge is -2.10. The lowest BCUT2D eigenvalue weighted by molar-refractivity contribution is 0.242. The quantitative estimate of drug-likeness (QED) is 0.851. The summed E-state index contributed by atoms with van der Waals surface area (Å²) in [6.07, 6.45) is 2.04. The van der Waals surface area contributed by atoms with Gasteiger partial charge in [-0.15, -0.1) is 0 Å². The van der Waals surface area contributed by atoms with Crippen LogP contribution in [0, 0.1) is 0 Å². The van der Waals surface area contributed by atoms with E-state index in [-0.39, 0.29) is 6.10 Å². The lowest BCUT2D eigenvalue weighted by atomic mass is 10.1. The van der Waals surface area contributed by atoms with E-state index in [1.54, 1.807) is 0 Å². The Labute approximate surface area is 107 Å². The average Bonchev–Trinajstić information content (AvgIpc) is 2.72. The number of rotatable bonds is 5. The van der Waals surface area contributed by atoms with Gasteiger partial charge in [0.25, 0.3) is 0 Å². The first-order valence-electron chi connectivity index (χ1n) is 6.19. The molecular formula is C14H19N3O. The third-order valence-electron chi connectivity index (χ3n) is 2.60. The molecule has 0 spiro atoms. The van der Waals surface area contributed by atoms with Crippen LogP contribution < -0.4 is 10.5 Å². The van der Waals surface area contributed by atoms with E-state index < -0.39 is 0 Å². The summed E-state index contributed by atoms with van der Waals surface area (Å²) in [5.74, 6) is 1.47. The van der Waals surface area contributed by atoms with Gasteiger partial charge in [-0.2, -0.15) is 5.10 Å². The number of nitrogen functional groups attached to an aromatic ring is 1. The molecule has 18 heavy (non-hydrogen) atoms. The van der Waals surface area contributed by atoms with Crippen LogP contribution >= 0.6 is 0 Å². The fourth-order valence-electron chi connectivity index (χ4n) is 1.83. The number of nitrogens with two attached hydrogens (primary N) is 1. The van der Waals surface area contributed by atoms with Gasteiger partial charge in [0.15, 0.2) is 0 Å². The van der Waals surface area contributed by atoms with Gasteiger partial charge in [-0.05, 0) is 44.4 Å². The molecule has 0 aliphatic rings. The van der Waals surface area contributed by atoms with Crippen molar-refractivity contribution in [1.29, 1.82) is 0 Å². The molecular weight excluding hydrogens is 226 g/mol. The molecule has 0 bridgehead atoms. The van der Waals surface area contributed by atoms with Gasteiger partial charge in [0.05, 0.1) is 6.10 Å². The molecule has 0 fully saturated rings. The molecule has 4 heteroatoms. The summed E-state index contributed by atoms with van der Waals surface area (Å²) in [5, 5.41) is 6.83. The van der Waals surface area contributed by atoms with Crippen molar-refractivity contribution < 1.29 is 4.74 Å². The molecule has 3 N–H and O–H groups in total. The molecule has 1 aromatic heterocycles. The van der Waals surface area contributed by atoms with Gasteiger partial charge < -0.3 is 10.5 Å². The molecule has 0 radical (unpaired) electrons. The van der Waals surface area contributed by atoms with Crippen LogP contribution in [0.5, 0.6) is 5.75 Å². The molecule has 0 unspecified atom stereocenters. The Balaban J connectivity index is 1.96. The van der Waals surface area contributed by atoms with Crippen LogP contribution in [0.25, 0.3) is 0 Å². The van der Waals surface area contributed by atoms with Crippen LogP contribution in [0.1, 0.15) is 25.1 Å². The van der Waals surface area contributed by atoms with E-state index in [2.05, 4.69) is 22.3 Å². The SMILES string of the molecule is CC(C)Oc1cccc(CCc2cc(N)n[nH]2)c1. The number of anilines is 1. The molecule has 0 amide bonds. The fourth-order valence-corrected chi connectivity index (χ4v) is 1.83.